The van der Waals surface area contributed by atoms with Gasteiger partial charge in [0.2, 0.25) is 0 Å². The summed E-state index contributed by atoms with van der Waals surface area (Å²) >= 11 is 1.71. The normalized spacial score (nSPS) is 15.4. The van der Waals surface area contributed by atoms with Crippen LogP contribution in [0, 0.1) is 6.92 Å². The van der Waals surface area contributed by atoms with E-state index in [0.717, 1.165) is 61.8 Å². The average molecular weight is 324 g/mol. The number of likely N-dealkylation sites (N-methyl/N-ethyl adjacent to an activating group) is 1. The molecule has 1 aliphatic carbocycles. The van der Waals surface area contributed by atoms with E-state index < -0.39 is 0 Å². The van der Waals surface area contributed by atoms with Crippen LogP contribution in [0.3, 0.4) is 0 Å². The Bertz CT molecular complexity index is 467. The number of aliphatic imine (C=N–C) groups is 1. The highest BCUT2D eigenvalue weighted by atomic mass is 32.1. The lowest BCUT2D eigenvalue weighted by atomic mass is 10.3. The third-order valence-corrected chi connectivity index (χ3v) is 4.63. The number of aromatic nitrogens is 1. The lowest BCUT2D eigenvalue weighted by Gasteiger charge is -2.18. The molecule has 2 N–H and O–H groups in total. The van der Waals surface area contributed by atoms with E-state index in [9.17, 15) is 0 Å². The quantitative estimate of drug-likeness (QED) is 0.539. The van der Waals surface area contributed by atoms with Crippen LogP contribution in [0.2, 0.25) is 0 Å². The molecule has 2 rings (SSSR count). The molecule has 5 nitrogen and oxygen atoms in total. The van der Waals surface area contributed by atoms with Crippen molar-refractivity contribution >= 4 is 17.3 Å². The van der Waals surface area contributed by atoms with Gasteiger partial charge in [0.05, 0.1) is 17.2 Å². The summed E-state index contributed by atoms with van der Waals surface area (Å²) < 4.78 is 0. The van der Waals surface area contributed by atoms with Gasteiger partial charge in [-0.1, -0.05) is 6.92 Å². The van der Waals surface area contributed by atoms with E-state index in [-0.39, 0.29) is 0 Å². The fraction of sp³-hybridized carbons (Fsp3) is 0.750. The first-order chi connectivity index (χ1) is 10.7. The smallest absolute Gasteiger partial charge is 0.191 e. The molecule has 0 spiro atoms. The number of hydrogen-bond acceptors (Lipinski definition) is 4. The molecular weight excluding hydrogens is 294 g/mol. The Hall–Kier alpha value is -1.14. The van der Waals surface area contributed by atoms with Gasteiger partial charge in [-0.3, -0.25) is 9.89 Å². The van der Waals surface area contributed by atoms with Crippen LogP contribution in [0.1, 0.15) is 37.4 Å². The highest BCUT2D eigenvalue weighted by Crippen LogP contribution is 2.25. The Morgan fingerprint density at radius 3 is 2.82 bits per heavy atom. The molecule has 1 heterocycles. The molecule has 1 saturated carbocycles. The SMILES string of the molecule is CCNC(=NCCN(CC)C1CC1)NCCc1csc(C)n1. The zero-order valence-corrected chi connectivity index (χ0v) is 14.9. The van der Waals surface area contributed by atoms with E-state index in [0.29, 0.717) is 0 Å². The molecule has 0 aliphatic heterocycles. The highest BCUT2D eigenvalue weighted by Gasteiger charge is 2.27. The van der Waals surface area contributed by atoms with Gasteiger partial charge in [-0.15, -0.1) is 11.3 Å². The van der Waals surface area contributed by atoms with Crippen molar-refractivity contribution < 1.29 is 0 Å². The van der Waals surface area contributed by atoms with Crippen molar-refractivity contribution in [3.63, 3.8) is 0 Å². The van der Waals surface area contributed by atoms with E-state index in [4.69, 9.17) is 0 Å². The Balaban J connectivity index is 1.71. The fourth-order valence-corrected chi connectivity index (χ4v) is 3.15. The number of nitrogens with one attached hydrogen (secondary N) is 2. The topological polar surface area (TPSA) is 52.6 Å². The highest BCUT2D eigenvalue weighted by molar-refractivity contribution is 7.09. The molecule has 0 atom stereocenters. The van der Waals surface area contributed by atoms with Gasteiger partial charge in [0.1, 0.15) is 0 Å². The summed E-state index contributed by atoms with van der Waals surface area (Å²) in [6.07, 6.45) is 3.67. The Morgan fingerprint density at radius 1 is 1.41 bits per heavy atom. The number of aryl methyl sites for hydroxylation is 1. The summed E-state index contributed by atoms with van der Waals surface area (Å²) in [6, 6.07) is 0.823. The number of guanidine groups is 1. The molecule has 1 fully saturated rings. The van der Waals surface area contributed by atoms with Crippen LogP contribution in [0.4, 0.5) is 0 Å². The van der Waals surface area contributed by atoms with Gasteiger partial charge in [-0.2, -0.15) is 0 Å². The molecule has 0 amide bonds. The van der Waals surface area contributed by atoms with Crippen LogP contribution in [-0.2, 0) is 6.42 Å². The molecule has 0 unspecified atom stereocenters. The van der Waals surface area contributed by atoms with E-state index in [1.807, 2.05) is 6.92 Å². The van der Waals surface area contributed by atoms with Gasteiger partial charge in [-0.25, -0.2) is 4.98 Å². The summed E-state index contributed by atoms with van der Waals surface area (Å²) in [5.41, 5.74) is 1.16. The van der Waals surface area contributed by atoms with Crippen molar-refractivity contribution in [1.29, 1.82) is 0 Å². The van der Waals surface area contributed by atoms with Gasteiger partial charge in [-0.05, 0) is 33.2 Å². The molecule has 0 radical (unpaired) electrons. The molecule has 1 aliphatic rings. The van der Waals surface area contributed by atoms with Gasteiger partial charge < -0.3 is 10.6 Å². The summed E-state index contributed by atoms with van der Waals surface area (Å²) in [6.45, 7) is 11.2. The minimum absolute atomic E-state index is 0.823. The molecule has 0 saturated heterocycles. The van der Waals surface area contributed by atoms with Gasteiger partial charge in [0.15, 0.2) is 5.96 Å². The maximum absolute atomic E-state index is 4.68. The molecule has 1 aromatic heterocycles. The minimum atomic E-state index is 0.823. The van der Waals surface area contributed by atoms with Crippen molar-refractivity contribution in [2.45, 2.75) is 46.1 Å². The van der Waals surface area contributed by atoms with Gasteiger partial charge >= 0.3 is 0 Å². The Labute approximate surface area is 138 Å². The minimum Gasteiger partial charge on any atom is -0.357 e. The predicted octanol–water partition coefficient (Wildman–Crippen LogP) is 2.03. The first kappa shape index (κ1) is 17.2. The fourth-order valence-electron chi connectivity index (χ4n) is 2.50. The van der Waals surface area contributed by atoms with Gasteiger partial charge in [0, 0.05) is 37.5 Å². The van der Waals surface area contributed by atoms with E-state index in [2.05, 4.69) is 44.7 Å². The van der Waals surface area contributed by atoms with Crippen molar-refractivity contribution in [3.05, 3.63) is 16.1 Å². The third kappa shape index (κ3) is 5.93. The van der Waals surface area contributed by atoms with Crippen molar-refractivity contribution in [1.82, 2.24) is 20.5 Å². The van der Waals surface area contributed by atoms with Crippen LogP contribution in [-0.4, -0.2) is 54.6 Å². The second kappa shape index (κ2) is 9.10. The van der Waals surface area contributed by atoms with Crippen LogP contribution >= 0.6 is 11.3 Å². The van der Waals surface area contributed by atoms with Crippen LogP contribution in [0.5, 0.6) is 0 Å². The number of hydrogen-bond donors (Lipinski definition) is 2. The van der Waals surface area contributed by atoms with E-state index in [1.165, 1.54) is 12.8 Å². The zero-order chi connectivity index (χ0) is 15.8. The molecule has 1 aromatic rings. The van der Waals surface area contributed by atoms with E-state index >= 15 is 0 Å². The van der Waals surface area contributed by atoms with Crippen LogP contribution in [0.15, 0.2) is 10.4 Å². The molecule has 124 valence electrons. The first-order valence-electron chi connectivity index (χ1n) is 8.40. The average Bonchev–Trinajstić information content (AvgIpc) is 3.26. The Morgan fingerprint density at radius 2 is 2.23 bits per heavy atom. The second-order valence-corrected chi connectivity index (χ2v) is 6.72. The summed E-state index contributed by atoms with van der Waals surface area (Å²) in [7, 11) is 0. The summed E-state index contributed by atoms with van der Waals surface area (Å²) in [5, 5.41) is 9.98. The maximum atomic E-state index is 4.68. The lowest BCUT2D eigenvalue weighted by molar-refractivity contribution is 0.286. The largest absolute Gasteiger partial charge is 0.357 e. The van der Waals surface area contributed by atoms with Gasteiger partial charge in [0.25, 0.3) is 0 Å². The number of rotatable bonds is 9. The molecule has 0 bridgehead atoms. The summed E-state index contributed by atoms with van der Waals surface area (Å²) in [4.78, 5) is 11.7. The molecule has 22 heavy (non-hydrogen) atoms. The Kier molecular flexibility index (Phi) is 7.12. The second-order valence-electron chi connectivity index (χ2n) is 5.66. The van der Waals surface area contributed by atoms with Crippen molar-refractivity contribution in [3.8, 4) is 0 Å². The van der Waals surface area contributed by atoms with Crippen molar-refractivity contribution in [2.75, 3.05) is 32.7 Å². The third-order valence-electron chi connectivity index (χ3n) is 3.81. The van der Waals surface area contributed by atoms with E-state index in [1.54, 1.807) is 11.3 Å². The monoisotopic (exact) mass is 323 g/mol. The maximum Gasteiger partial charge on any atom is 0.191 e. The standard InChI is InChI=1S/C16H29N5S/c1-4-17-16(18-9-8-14-12-22-13(3)20-14)19-10-11-21(5-2)15-6-7-15/h12,15H,4-11H2,1-3H3,(H2,17,18,19). The molecular formula is C16H29N5S. The number of thiazole rings is 1. The van der Waals surface area contributed by atoms with Crippen molar-refractivity contribution in [2.24, 2.45) is 4.99 Å². The predicted molar refractivity (Wildman–Crippen MR) is 94.8 cm³/mol. The number of nitrogens with zero attached hydrogens (tertiary/aromatic N) is 3. The first-order valence-corrected chi connectivity index (χ1v) is 9.28. The lowest BCUT2D eigenvalue weighted by Crippen LogP contribution is -2.39. The van der Waals surface area contributed by atoms with Crippen LogP contribution in [0.25, 0.3) is 0 Å². The van der Waals surface area contributed by atoms with Crippen LogP contribution < -0.4 is 10.6 Å². The molecule has 0 aromatic carbocycles. The summed E-state index contributed by atoms with van der Waals surface area (Å²) in [5.74, 6) is 0.918. The molecule has 6 heteroatoms. The zero-order valence-electron chi connectivity index (χ0n) is 14.1.